The topological polar surface area (TPSA) is 41.1 Å². The molecule has 172 valence electrons. The average Bonchev–Trinajstić information content (AvgIpc) is 2.77. The number of hydrogen-bond acceptors (Lipinski definition) is 2. The summed E-state index contributed by atoms with van der Waals surface area (Å²) in [6, 6.07) is 10.6. The first-order valence-electron chi connectivity index (χ1n) is 12.8. The first kappa shape index (κ1) is 26.7. The molecule has 0 saturated heterocycles. The van der Waals surface area contributed by atoms with E-state index in [0.29, 0.717) is 6.54 Å². The lowest BCUT2D eigenvalue weighted by Crippen LogP contribution is -2.36. The third-order valence-electron chi connectivity index (χ3n) is 5.97. The minimum Gasteiger partial charge on any atom is -0.355 e. The number of unbranched alkanes of at least 4 members (excludes halogenated alkanes) is 13. The van der Waals surface area contributed by atoms with E-state index in [1.54, 1.807) is 0 Å². The van der Waals surface area contributed by atoms with Crippen molar-refractivity contribution in [2.24, 2.45) is 0 Å². The van der Waals surface area contributed by atoms with E-state index in [1.807, 2.05) is 6.07 Å². The fourth-order valence-corrected chi connectivity index (χ4v) is 4.01. The highest BCUT2D eigenvalue weighted by atomic mass is 16.1. The Hall–Kier alpha value is -1.35. The molecule has 1 unspecified atom stereocenters. The van der Waals surface area contributed by atoms with E-state index in [4.69, 9.17) is 0 Å². The highest BCUT2D eigenvalue weighted by Crippen LogP contribution is 2.15. The molecule has 0 aliphatic carbocycles. The van der Waals surface area contributed by atoms with Crippen LogP contribution in [0.4, 0.5) is 0 Å². The molecule has 30 heavy (non-hydrogen) atoms. The Morgan fingerprint density at radius 2 is 1.23 bits per heavy atom. The molecule has 0 aliphatic heterocycles. The van der Waals surface area contributed by atoms with Crippen molar-refractivity contribution in [1.29, 1.82) is 0 Å². The highest BCUT2D eigenvalue weighted by molar-refractivity contribution is 5.78. The van der Waals surface area contributed by atoms with Crippen LogP contribution in [0.15, 0.2) is 30.3 Å². The second kappa shape index (κ2) is 19.6. The van der Waals surface area contributed by atoms with Crippen LogP contribution in [0.5, 0.6) is 0 Å². The largest absolute Gasteiger partial charge is 0.355 e. The third kappa shape index (κ3) is 14.6. The molecule has 3 nitrogen and oxygen atoms in total. The van der Waals surface area contributed by atoms with Gasteiger partial charge in [-0.3, -0.25) is 4.79 Å². The number of hydrogen-bond donors (Lipinski definition) is 2. The number of carbonyl (C=O) groups is 1. The molecule has 1 amide bonds. The van der Waals surface area contributed by atoms with Crippen molar-refractivity contribution in [1.82, 2.24) is 10.6 Å². The van der Waals surface area contributed by atoms with Crippen LogP contribution in [0.25, 0.3) is 0 Å². The van der Waals surface area contributed by atoms with Crippen LogP contribution < -0.4 is 10.6 Å². The molecular formula is C27H48N2O. The minimum atomic E-state index is 0.110. The minimum absolute atomic E-state index is 0.110. The fourth-order valence-electron chi connectivity index (χ4n) is 4.01. The first-order valence-corrected chi connectivity index (χ1v) is 12.8. The summed E-state index contributed by atoms with van der Waals surface area (Å²) in [5.74, 6) is 0.110. The summed E-state index contributed by atoms with van der Waals surface area (Å²) in [6.45, 7) is 5.63. The van der Waals surface area contributed by atoms with Gasteiger partial charge in [-0.2, -0.15) is 0 Å². The average molecular weight is 417 g/mol. The van der Waals surface area contributed by atoms with Crippen LogP contribution >= 0.6 is 0 Å². The normalized spacial score (nSPS) is 12.1. The smallest absolute Gasteiger partial charge is 0.233 e. The van der Waals surface area contributed by atoms with Gasteiger partial charge in [0.05, 0.1) is 6.54 Å². The zero-order valence-corrected chi connectivity index (χ0v) is 19.9. The monoisotopic (exact) mass is 416 g/mol. The second-order valence-corrected chi connectivity index (χ2v) is 8.70. The predicted molar refractivity (Wildman–Crippen MR) is 131 cm³/mol. The van der Waals surface area contributed by atoms with Crippen LogP contribution in [0, 0.1) is 0 Å². The quantitative estimate of drug-likeness (QED) is 0.219. The summed E-state index contributed by atoms with van der Waals surface area (Å²) in [7, 11) is 0. The number of carbonyl (C=O) groups excluding carboxylic acids is 1. The van der Waals surface area contributed by atoms with Crippen LogP contribution in [0.1, 0.15) is 122 Å². The van der Waals surface area contributed by atoms with Gasteiger partial charge < -0.3 is 10.6 Å². The van der Waals surface area contributed by atoms with Crippen molar-refractivity contribution in [2.75, 3.05) is 13.1 Å². The van der Waals surface area contributed by atoms with Crippen molar-refractivity contribution in [3.8, 4) is 0 Å². The molecule has 1 atom stereocenters. The van der Waals surface area contributed by atoms with Gasteiger partial charge in [-0.1, -0.05) is 128 Å². The Kier molecular flexibility index (Phi) is 17.4. The molecular weight excluding hydrogens is 368 g/mol. The van der Waals surface area contributed by atoms with E-state index in [9.17, 15) is 4.79 Å². The van der Waals surface area contributed by atoms with Crippen LogP contribution in [0.3, 0.4) is 0 Å². The molecule has 0 bridgehead atoms. The lowest BCUT2D eigenvalue weighted by molar-refractivity contribution is -0.120. The summed E-state index contributed by atoms with van der Waals surface area (Å²) in [5.41, 5.74) is 1.25. The van der Waals surface area contributed by atoms with E-state index < -0.39 is 0 Å². The lowest BCUT2D eigenvalue weighted by Gasteiger charge is -2.17. The number of nitrogens with one attached hydrogen (secondary N) is 2. The predicted octanol–water partition coefficient (Wildman–Crippen LogP) is 7.32. The summed E-state index contributed by atoms with van der Waals surface area (Å²) < 4.78 is 0. The maximum Gasteiger partial charge on any atom is 0.233 e. The van der Waals surface area contributed by atoms with Gasteiger partial charge in [-0.25, -0.2) is 0 Å². The summed E-state index contributed by atoms with van der Waals surface area (Å²) in [6.07, 6.45) is 20.1. The molecule has 1 rings (SSSR count). The van der Waals surface area contributed by atoms with E-state index in [2.05, 4.69) is 48.7 Å². The van der Waals surface area contributed by atoms with Crippen molar-refractivity contribution in [3.63, 3.8) is 0 Å². The van der Waals surface area contributed by atoms with E-state index in [1.165, 1.54) is 89.0 Å². The first-order chi connectivity index (χ1) is 14.8. The SMILES string of the molecule is CCCCCCCCCCCCCCCCNC(=O)CNC(CC)c1ccccc1. The molecule has 0 aliphatic rings. The summed E-state index contributed by atoms with van der Waals surface area (Å²) in [5, 5.41) is 6.43. The van der Waals surface area contributed by atoms with Crippen molar-refractivity contribution < 1.29 is 4.79 Å². The molecule has 0 spiro atoms. The zero-order chi connectivity index (χ0) is 21.7. The van der Waals surface area contributed by atoms with Gasteiger partial charge in [0.1, 0.15) is 0 Å². The van der Waals surface area contributed by atoms with Crippen LogP contribution in [-0.4, -0.2) is 19.0 Å². The van der Waals surface area contributed by atoms with Crippen LogP contribution in [0.2, 0.25) is 0 Å². The maximum absolute atomic E-state index is 12.1. The molecule has 1 aromatic rings. The molecule has 0 fully saturated rings. The van der Waals surface area contributed by atoms with Crippen molar-refractivity contribution in [3.05, 3.63) is 35.9 Å². The molecule has 0 aromatic heterocycles. The summed E-state index contributed by atoms with van der Waals surface area (Å²) in [4.78, 5) is 12.1. The highest BCUT2D eigenvalue weighted by Gasteiger charge is 2.09. The fraction of sp³-hybridized carbons (Fsp3) is 0.741. The Morgan fingerprint density at radius 1 is 0.733 bits per heavy atom. The third-order valence-corrected chi connectivity index (χ3v) is 5.97. The molecule has 0 heterocycles. The Balaban J connectivity index is 1.87. The van der Waals surface area contributed by atoms with Gasteiger partial charge in [0.2, 0.25) is 5.91 Å². The van der Waals surface area contributed by atoms with E-state index in [0.717, 1.165) is 19.4 Å². The van der Waals surface area contributed by atoms with Gasteiger partial charge in [-0.05, 0) is 18.4 Å². The molecule has 3 heteroatoms. The van der Waals surface area contributed by atoms with Gasteiger partial charge in [-0.15, -0.1) is 0 Å². The van der Waals surface area contributed by atoms with Gasteiger partial charge in [0.25, 0.3) is 0 Å². The lowest BCUT2D eigenvalue weighted by atomic mass is 10.0. The molecule has 1 aromatic carbocycles. The Bertz CT molecular complexity index is 503. The zero-order valence-electron chi connectivity index (χ0n) is 19.9. The molecule has 0 radical (unpaired) electrons. The molecule has 0 saturated carbocycles. The number of amides is 1. The molecule has 2 N–H and O–H groups in total. The number of benzene rings is 1. The van der Waals surface area contributed by atoms with Gasteiger partial charge in [0.15, 0.2) is 0 Å². The second-order valence-electron chi connectivity index (χ2n) is 8.70. The van der Waals surface area contributed by atoms with Gasteiger partial charge in [0, 0.05) is 12.6 Å². The van der Waals surface area contributed by atoms with Crippen molar-refractivity contribution in [2.45, 2.75) is 116 Å². The van der Waals surface area contributed by atoms with E-state index >= 15 is 0 Å². The van der Waals surface area contributed by atoms with Gasteiger partial charge >= 0.3 is 0 Å². The standard InChI is InChI=1S/C27H48N2O/c1-3-5-6-7-8-9-10-11-12-13-14-15-16-20-23-28-27(30)24-29-26(4-2)25-21-18-17-19-22-25/h17-19,21-22,26,29H,3-16,20,23-24H2,1-2H3,(H,28,30). The van der Waals surface area contributed by atoms with Crippen LogP contribution in [-0.2, 0) is 4.79 Å². The Labute approximate surface area is 186 Å². The van der Waals surface area contributed by atoms with E-state index in [-0.39, 0.29) is 11.9 Å². The summed E-state index contributed by atoms with van der Waals surface area (Å²) >= 11 is 0. The maximum atomic E-state index is 12.1. The Morgan fingerprint density at radius 3 is 1.73 bits per heavy atom. The number of rotatable bonds is 20. The van der Waals surface area contributed by atoms with Crippen molar-refractivity contribution >= 4 is 5.91 Å².